The average molecular weight is 437 g/mol. The maximum atomic E-state index is 2.42. The summed E-state index contributed by atoms with van der Waals surface area (Å²) >= 11 is 0. The van der Waals surface area contributed by atoms with Crippen molar-refractivity contribution in [2.24, 2.45) is 0 Å². The Balaban J connectivity index is 1.81. The molecule has 0 radical (unpaired) electrons. The van der Waals surface area contributed by atoms with Gasteiger partial charge in [-0.15, -0.1) is 0 Å². The molecule has 0 unspecified atom stereocenters. The van der Waals surface area contributed by atoms with Gasteiger partial charge in [0.2, 0.25) is 0 Å². The Labute approximate surface area is 202 Å². The van der Waals surface area contributed by atoms with Crippen LogP contribution in [0.1, 0.15) is 38.9 Å². The van der Waals surface area contributed by atoms with E-state index in [1.807, 2.05) is 0 Å². The van der Waals surface area contributed by atoms with E-state index in [-0.39, 0.29) is 5.41 Å². The van der Waals surface area contributed by atoms with Gasteiger partial charge >= 0.3 is 0 Å². The van der Waals surface area contributed by atoms with Gasteiger partial charge in [0.25, 0.3) is 0 Å². The Morgan fingerprint density at radius 2 is 1.00 bits per heavy atom. The van der Waals surface area contributed by atoms with Gasteiger partial charge in [0, 0.05) is 0 Å². The normalized spacial score (nSPS) is 13.4. The molecule has 164 valence electrons. The topological polar surface area (TPSA) is 0 Å². The molecule has 0 N–H and O–H groups in total. The van der Waals surface area contributed by atoms with E-state index in [1.165, 1.54) is 61.2 Å². The third kappa shape index (κ3) is 2.99. The van der Waals surface area contributed by atoms with Gasteiger partial charge in [-0.05, 0) is 65.3 Å². The van der Waals surface area contributed by atoms with Crippen LogP contribution in [-0.2, 0) is 5.41 Å². The summed E-state index contributed by atoms with van der Waals surface area (Å²) in [5.41, 5.74) is 14.2. The fourth-order valence-electron chi connectivity index (χ4n) is 5.83. The molecule has 0 atom stereocenters. The fraction of sp³-hybridized carbons (Fsp3) is 0.118. The van der Waals surface area contributed by atoms with Gasteiger partial charge in [0.05, 0.1) is 5.41 Å². The largest absolute Gasteiger partial charge is 0.0713 e. The van der Waals surface area contributed by atoms with E-state index in [4.69, 9.17) is 0 Å². The lowest BCUT2D eigenvalue weighted by molar-refractivity contribution is 0.767. The lowest BCUT2D eigenvalue weighted by Crippen LogP contribution is -2.28. The van der Waals surface area contributed by atoms with Gasteiger partial charge in [-0.1, -0.05) is 132 Å². The minimum Gasteiger partial charge on any atom is -0.0622 e. The summed E-state index contributed by atoms with van der Waals surface area (Å²) in [6.45, 7) is 6.58. The van der Waals surface area contributed by atoms with E-state index in [0.717, 1.165) is 0 Å². The number of benzene rings is 5. The summed E-state index contributed by atoms with van der Waals surface area (Å²) in [5, 5.41) is 0. The Kier molecular flexibility index (Phi) is 4.78. The van der Waals surface area contributed by atoms with E-state index < -0.39 is 0 Å². The predicted octanol–water partition coefficient (Wildman–Crippen LogP) is 8.64. The molecule has 0 heteroatoms. The fourth-order valence-corrected chi connectivity index (χ4v) is 5.83. The minimum absolute atomic E-state index is 0.356. The molecule has 0 aliphatic heterocycles. The highest BCUT2D eigenvalue weighted by atomic mass is 14.5. The number of aryl methyl sites for hydroxylation is 3. The molecule has 6 rings (SSSR count). The summed E-state index contributed by atoms with van der Waals surface area (Å²) in [4.78, 5) is 0. The zero-order chi connectivity index (χ0) is 23.3. The van der Waals surface area contributed by atoms with Crippen LogP contribution in [0.5, 0.6) is 0 Å². The van der Waals surface area contributed by atoms with Crippen LogP contribution in [0.2, 0.25) is 0 Å². The van der Waals surface area contributed by atoms with E-state index >= 15 is 0 Å². The number of hydrogen-bond donors (Lipinski definition) is 0. The molecule has 5 aromatic rings. The molecule has 0 aromatic heterocycles. The highest BCUT2D eigenvalue weighted by Gasteiger charge is 2.47. The zero-order valence-electron chi connectivity index (χ0n) is 20.0. The van der Waals surface area contributed by atoms with Gasteiger partial charge in [-0.25, -0.2) is 0 Å². The molecule has 1 aliphatic carbocycles. The quantitative estimate of drug-likeness (QED) is 0.260. The molecule has 0 spiro atoms. The second-order valence-corrected chi connectivity index (χ2v) is 9.63. The Morgan fingerprint density at radius 3 is 1.62 bits per heavy atom. The minimum atomic E-state index is -0.356. The summed E-state index contributed by atoms with van der Waals surface area (Å²) < 4.78 is 0. The molecule has 5 aromatic carbocycles. The maximum absolute atomic E-state index is 2.42. The van der Waals surface area contributed by atoms with Crippen LogP contribution in [0, 0.1) is 20.8 Å². The van der Waals surface area contributed by atoms with Crippen molar-refractivity contribution in [2.75, 3.05) is 0 Å². The Hall–Kier alpha value is -3.90. The molecule has 0 saturated carbocycles. The van der Waals surface area contributed by atoms with Crippen molar-refractivity contribution in [3.8, 4) is 22.3 Å². The van der Waals surface area contributed by atoms with Crippen LogP contribution >= 0.6 is 0 Å². The van der Waals surface area contributed by atoms with Crippen LogP contribution in [0.25, 0.3) is 22.3 Å². The second-order valence-electron chi connectivity index (χ2n) is 9.63. The van der Waals surface area contributed by atoms with E-state index in [1.54, 1.807) is 0 Å². The van der Waals surface area contributed by atoms with Crippen molar-refractivity contribution < 1.29 is 0 Å². The first kappa shape index (κ1) is 20.7. The zero-order valence-corrected chi connectivity index (χ0v) is 20.0. The van der Waals surface area contributed by atoms with Gasteiger partial charge in [0.1, 0.15) is 0 Å². The molecule has 34 heavy (non-hydrogen) atoms. The van der Waals surface area contributed by atoms with E-state index in [9.17, 15) is 0 Å². The van der Waals surface area contributed by atoms with Crippen LogP contribution in [0.3, 0.4) is 0 Å². The Bertz CT molecular complexity index is 1450. The van der Waals surface area contributed by atoms with Crippen LogP contribution in [0.4, 0.5) is 0 Å². The predicted molar refractivity (Wildman–Crippen MR) is 143 cm³/mol. The third-order valence-electron chi connectivity index (χ3n) is 7.31. The number of fused-ring (bicyclic) bond motifs is 3. The summed E-state index contributed by atoms with van der Waals surface area (Å²) in [7, 11) is 0. The molecular formula is C34H28. The molecule has 1 aliphatic rings. The van der Waals surface area contributed by atoms with Crippen molar-refractivity contribution in [1.82, 2.24) is 0 Å². The standard InChI is InChI=1S/C34H28/c1-23-14-17-26(18-15-23)30-20-25(3)22-32-33(30)29-19-16-24(2)21-31(29)34(32,27-10-6-4-7-11-27)28-12-8-5-9-13-28/h4-22H,1-3H3. The molecule has 0 bridgehead atoms. The third-order valence-corrected chi connectivity index (χ3v) is 7.31. The first-order valence-corrected chi connectivity index (χ1v) is 12.0. The Morgan fingerprint density at radius 1 is 0.441 bits per heavy atom. The highest BCUT2D eigenvalue weighted by molar-refractivity contribution is 5.96. The van der Waals surface area contributed by atoms with Crippen LogP contribution < -0.4 is 0 Å². The maximum Gasteiger partial charge on any atom is 0.0713 e. The van der Waals surface area contributed by atoms with Crippen molar-refractivity contribution in [3.63, 3.8) is 0 Å². The SMILES string of the molecule is Cc1ccc(-c2cc(C)cc3c2-c2ccc(C)cc2C3(c2ccccc2)c2ccccc2)cc1. The summed E-state index contributed by atoms with van der Waals surface area (Å²) in [5.74, 6) is 0. The van der Waals surface area contributed by atoms with Crippen LogP contribution in [-0.4, -0.2) is 0 Å². The molecule has 0 nitrogen and oxygen atoms in total. The smallest absolute Gasteiger partial charge is 0.0622 e. The molecular weight excluding hydrogens is 408 g/mol. The number of hydrogen-bond acceptors (Lipinski definition) is 0. The van der Waals surface area contributed by atoms with E-state index in [0.29, 0.717) is 0 Å². The lowest BCUT2D eigenvalue weighted by atomic mass is 9.67. The lowest BCUT2D eigenvalue weighted by Gasteiger charge is -2.34. The summed E-state index contributed by atoms with van der Waals surface area (Å²) in [6.07, 6.45) is 0. The van der Waals surface area contributed by atoms with Crippen molar-refractivity contribution in [3.05, 3.63) is 154 Å². The first-order valence-electron chi connectivity index (χ1n) is 12.0. The van der Waals surface area contributed by atoms with Gasteiger partial charge in [-0.3, -0.25) is 0 Å². The van der Waals surface area contributed by atoms with Gasteiger partial charge in [0.15, 0.2) is 0 Å². The van der Waals surface area contributed by atoms with Crippen LogP contribution in [0.15, 0.2) is 115 Å². The van der Waals surface area contributed by atoms with Gasteiger partial charge in [-0.2, -0.15) is 0 Å². The second kappa shape index (κ2) is 7.85. The van der Waals surface area contributed by atoms with Gasteiger partial charge < -0.3 is 0 Å². The molecule has 0 saturated heterocycles. The average Bonchev–Trinajstić information content (AvgIpc) is 3.15. The molecule has 0 amide bonds. The van der Waals surface area contributed by atoms with Crippen molar-refractivity contribution >= 4 is 0 Å². The first-order chi connectivity index (χ1) is 16.6. The monoisotopic (exact) mass is 436 g/mol. The highest BCUT2D eigenvalue weighted by Crippen LogP contribution is 2.58. The summed E-state index contributed by atoms with van der Waals surface area (Å²) in [6, 6.07) is 42.8. The van der Waals surface area contributed by atoms with E-state index in [2.05, 4.69) is 136 Å². The number of rotatable bonds is 3. The molecule has 0 heterocycles. The molecule has 0 fully saturated rings. The van der Waals surface area contributed by atoms with Crippen molar-refractivity contribution in [2.45, 2.75) is 26.2 Å². The van der Waals surface area contributed by atoms with Crippen molar-refractivity contribution in [1.29, 1.82) is 0 Å².